The first-order chi connectivity index (χ1) is 30.6. The van der Waals surface area contributed by atoms with Crippen molar-refractivity contribution in [3.05, 3.63) is 168 Å². The second-order valence-electron chi connectivity index (χ2n) is 20.8. The summed E-state index contributed by atoms with van der Waals surface area (Å²) in [4.78, 5) is 9.99. The van der Waals surface area contributed by atoms with Crippen molar-refractivity contribution in [3.63, 3.8) is 0 Å². The number of fused-ring (bicyclic) bond motifs is 4. The number of furan rings is 1. The van der Waals surface area contributed by atoms with E-state index in [4.69, 9.17) is 14.4 Å². The van der Waals surface area contributed by atoms with E-state index >= 15 is 0 Å². The molecular formula is C59H61IrN3OSi-2. The summed E-state index contributed by atoms with van der Waals surface area (Å²) in [7, 11) is -1.36. The molecule has 0 saturated heterocycles. The van der Waals surface area contributed by atoms with E-state index < -0.39 is 8.07 Å². The second kappa shape index (κ2) is 18.5. The van der Waals surface area contributed by atoms with Crippen molar-refractivity contribution < 1.29 is 24.5 Å². The molecule has 0 amide bonds. The predicted octanol–water partition coefficient (Wildman–Crippen LogP) is 15.8. The van der Waals surface area contributed by atoms with Gasteiger partial charge in [0.25, 0.3) is 0 Å². The Morgan fingerprint density at radius 3 is 2.08 bits per heavy atom. The van der Waals surface area contributed by atoms with E-state index in [-0.39, 0.29) is 30.9 Å². The van der Waals surface area contributed by atoms with Crippen LogP contribution in [0.4, 0.5) is 0 Å². The minimum atomic E-state index is -1.36. The van der Waals surface area contributed by atoms with Gasteiger partial charge in [-0.2, -0.15) is 0 Å². The van der Waals surface area contributed by atoms with E-state index in [0.29, 0.717) is 0 Å². The summed E-state index contributed by atoms with van der Waals surface area (Å²) in [5.41, 5.74) is 14.3. The van der Waals surface area contributed by atoms with Crippen LogP contribution >= 0.6 is 0 Å². The number of imidazole rings is 1. The molecule has 0 atom stereocenters. The number of aromatic nitrogens is 3. The number of nitrogens with zero attached hydrogens (tertiary/aromatic N) is 3. The predicted molar refractivity (Wildman–Crippen MR) is 273 cm³/mol. The third kappa shape index (κ3) is 9.50. The van der Waals surface area contributed by atoms with E-state index in [9.17, 15) is 0 Å². The van der Waals surface area contributed by atoms with Gasteiger partial charge in [0.05, 0.1) is 30.5 Å². The van der Waals surface area contributed by atoms with Crippen molar-refractivity contribution in [2.75, 3.05) is 0 Å². The topological polar surface area (TPSA) is 43.9 Å². The molecular weight excluding hydrogens is 987 g/mol. The van der Waals surface area contributed by atoms with Gasteiger partial charge in [0.2, 0.25) is 0 Å². The second-order valence-corrected chi connectivity index (χ2v) is 25.8. The molecule has 3 aromatic heterocycles. The Labute approximate surface area is 400 Å². The van der Waals surface area contributed by atoms with Crippen molar-refractivity contribution in [1.29, 1.82) is 0 Å². The van der Waals surface area contributed by atoms with Crippen molar-refractivity contribution >= 4 is 46.2 Å². The van der Waals surface area contributed by atoms with Gasteiger partial charge in [-0.25, -0.2) is 0 Å². The molecule has 4 nitrogen and oxygen atoms in total. The molecule has 1 radical (unpaired) electrons. The van der Waals surface area contributed by atoms with Gasteiger partial charge in [-0.15, -0.1) is 54.1 Å². The first-order valence-corrected chi connectivity index (χ1v) is 26.7. The van der Waals surface area contributed by atoms with Crippen LogP contribution in [0.1, 0.15) is 96.3 Å². The summed E-state index contributed by atoms with van der Waals surface area (Å²) in [6, 6.07) is 53.9. The molecule has 10 rings (SSSR count). The third-order valence-electron chi connectivity index (χ3n) is 13.0. The zero-order valence-electron chi connectivity index (χ0n) is 39.5. The summed E-state index contributed by atoms with van der Waals surface area (Å²) in [6.45, 7) is 20.8. The minimum absolute atomic E-state index is 0. The molecule has 0 spiro atoms. The number of benzene rings is 6. The van der Waals surface area contributed by atoms with Crippen LogP contribution in [0.5, 0.6) is 0 Å². The minimum Gasteiger partial charge on any atom is -0.501 e. The normalized spacial score (nSPS) is 13.7. The average molecular weight is 1050 g/mol. The van der Waals surface area contributed by atoms with Gasteiger partial charge in [-0.05, 0) is 87.5 Å². The zero-order valence-corrected chi connectivity index (χ0v) is 42.9. The van der Waals surface area contributed by atoms with Gasteiger partial charge in [0.1, 0.15) is 5.58 Å². The van der Waals surface area contributed by atoms with Crippen LogP contribution in [0.3, 0.4) is 0 Å². The SMILES string of the molecule is CC(C)(C)c1ccc(-n2c(-c3[c-]ccc4c3oc3cc(C(C)(C)C)ccc34)nc3ccccc32)c(-c2ccccc2)c1.C[Si](C)(C)c1cnc(-c2[c-]cccc2)cc1C1CCCCC1.[Ir]. The quantitative estimate of drug-likeness (QED) is 0.123. The third-order valence-corrected chi connectivity index (χ3v) is 15.1. The van der Waals surface area contributed by atoms with Crippen molar-refractivity contribution in [1.82, 2.24) is 14.5 Å². The van der Waals surface area contributed by atoms with E-state index in [0.717, 1.165) is 67.2 Å². The van der Waals surface area contributed by atoms with Gasteiger partial charge in [-0.3, -0.25) is 4.98 Å². The first-order valence-electron chi connectivity index (χ1n) is 23.2. The van der Waals surface area contributed by atoms with Crippen molar-refractivity contribution in [2.45, 2.75) is 110 Å². The molecule has 6 heteroatoms. The Hall–Kier alpha value is -5.39. The molecule has 9 aromatic rings. The molecule has 0 bridgehead atoms. The Bertz CT molecular complexity index is 3080. The van der Waals surface area contributed by atoms with E-state index in [1.54, 1.807) is 10.8 Å². The number of hydrogen-bond acceptors (Lipinski definition) is 3. The molecule has 65 heavy (non-hydrogen) atoms. The fourth-order valence-corrected chi connectivity index (χ4v) is 11.0. The maximum absolute atomic E-state index is 6.65. The van der Waals surface area contributed by atoms with Crippen LogP contribution in [-0.2, 0) is 30.9 Å². The number of para-hydroxylation sites is 2. The van der Waals surface area contributed by atoms with Crippen LogP contribution in [0.2, 0.25) is 19.6 Å². The van der Waals surface area contributed by atoms with Crippen LogP contribution in [-0.4, -0.2) is 22.6 Å². The monoisotopic (exact) mass is 1050 g/mol. The summed E-state index contributed by atoms with van der Waals surface area (Å²) in [6.07, 6.45) is 9.03. The molecule has 0 unspecified atom stereocenters. The summed E-state index contributed by atoms with van der Waals surface area (Å²) in [5, 5.41) is 3.73. The molecule has 1 aliphatic rings. The van der Waals surface area contributed by atoms with E-state index in [2.05, 4.69) is 193 Å². The standard InChI is InChI=1S/C39H35N2O.C20H26NSi.Ir/c1-38(2,3)26-20-22-33(31(23-26)25-13-8-7-9-14-25)41-34-18-11-10-17-32(34)40-37(41)30-16-12-15-29-28-21-19-27(39(4,5)6)24-35(28)42-36(29)30;1-22(2,3)20-15-21-19(17-12-8-5-9-13-17)14-18(20)16-10-6-4-7-11-16;/h7-15,17-24H,1-6H3;5,8-9,12,14-16H,4,6-7,10-11H2,1-3H3;/q2*-1;. The molecule has 1 fully saturated rings. The zero-order chi connectivity index (χ0) is 44.8. The van der Waals surface area contributed by atoms with Gasteiger partial charge in [0, 0.05) is 42.9 Å². The fraction of sp³-hybridized carbons (Fsp3) is 0.288. The van der Waals surface area contributed by atoms with E-state index in [1.807, 2.05) is 24.3 Å². The number of rotatable bonds is 6. The molecule has 1 saturated carbocycles. The van der Waals surface area contributed by atoms with E-state index in [1.165, 1.54) is 54.4 Å². The summed E-state index contributed by atoms with van der Waals surface area (Å²) in [5.74, 6) is 1.55. The van der Waals surface area contributed by atoms with Crippen molar-refractivity contribution in [3.8, 4) is 39.5 Å². The van der Waals surface area contributed by atoms with Crippen LogP contribution in [0.15, 0.2) is 144 Å². The summed E-state index contributed by atoms with van der Waals surface area (Å²) < 4.78 is 8.94. The number of pyridine rings is 1. The Morgan fingerprint density at radius 2 is 1.37 bits per heavy atom. The molecule has 6 aromatic carbocycles. The smallest absolute Gasteiger partial charge is 0.121 e. The first kappa shape index (κ1) is 46.1. The van der Waals surface area contributed by atoms with Gasteiger partial charge in [0.15, 0.2) is 0 Å². The van der Waals surface area contributed by atoms with Gasteiger partial charge < -0.3 is 14.0 Å². The number of hydrogen-bond donors (Lipinski definition) is 0. The van der Waals surface area contributed by atoms with Crippen LogP contribution in [0, 0.1) is 12.1 Å². The molecule has 0 N–H and O–H groups in total. The maximum Gasteiger partial charge on any atom is 0.121 e. The molecule has 333 valence electrons. The van der Waals surface area contributed by atoms with Gasteiger partial charge in [-0.1, -0.05) is 164 Å². The maximum atomic E-state index is 6.65. The molecule has 0 aliphatic heterocycles. The Morgan fingerprint density at radius 1 is 0.677 bits per heavy atom. The Balaban J connectivity index is 0.000000212. The van der Waals surface area contributed by atoms with Crippen LogP contribution < -0.4 is 5.19 Å². The molecule has 3 heterocycles. The van der Waals surface area contributed by atoms with Crippen molar-refractivity contribution in [2.24, 2.45) is 0 Å². The Kier molecular flexibility index (Phi) is 13.1. The largest absolute Gasteiger partial charge is 0.501 e. The summed E-state index contributed by atoms with van der Waals surface area (Å²) >= 11 is 0. The molecule has 1 aliphatic carbocycles. The fourth-order valence-electron chi connectivity index (χ4n) is 9.41. The van der Waals surface area contributed by atoms with Gasteiger partial charge >= 0.3 is 0 Å². The van der Waals surface area contributed by atoms with Crippen LogP contribution in [0.25, 0.3) is 72.4 Å². The average Bonchev–Trinajstić information content (AvgIpc) is 3.87.